The molecule has 0 atom stereocenters. The predicted octanol–water partition coefficient (Wildman–Crippen LogP) is 2.99. The highest BCUT2D eigenvalue weighted by atomic mass is 32.1. The van der Waals surface area contributed by atoms with Crippen molar-refractivity contribution in [1.29, 1.82) is 0 Å². The molecular weight excluding hydrogens is 234 g/mol. The van der Waals surface area contributed by atoms with Gasteiger partial charge in [-0.3, -0.25) is 0 Å². The minimum atomic E-state index is 0.489. The smallest absolute Gasteiger partial charge is 0.202 e. The summed E-state index contributed by atoms with van der Waals surface area (Å²) in [7, 11) is 1.66. The van der Waals surface area contributed by atoms with Crippen molar-refractivity contribution in [3.63, 3.8) is 0 Å². The molecule has 0 radical (unpaired) electrons. The highest BCUT2D eigenvalue weighted by molar-refractivity contribution is 7.09. The van der Waals surface area contributed by atoms with Gasteiger partial charge in [-0.05, 0) is 32.1 Å². The first-order valence-electron chi connectivity index (χ1n) is 6.12. The lowest BCUT2D eigenvalue weighted by Crippen LogP contribution is -2.04. The first kappa shape index (κ1) is 12.5. The van der Waals surface area contributed by atoms with E-state index >= 15 is 0 Å². The van der Waals surface area contributed by atoms with Crippen LogP contribution in [0.2, 0.25) is 0 Å². The molecule has 1 aromatic heterocycles. The molecule has 0 amide bonds. The van der Waals surface area contributed by atoms with Crippen molar-refractivity contribution < 1.29 is 4.74 Å². The molecule has 0 fully saturated rings. The van der Waals surface area contributed by atoms with E-state index in [9.17, 15) is 0 Å². The van der Waals surface area contributed by atoms with Crippen molar-refractivity contribution in [3.8, 4) is 0 Å². The molecule has 0 aromatic carbocycles. The van der Waals surface area contributed by atoms with Gasteiger partial charge in [-0.15, -0.1) is 0 Å². The quantitative estimate of drug-likeness (QED) is 0.792. The molecule has 0 saturated heterocycles. The molecule has 1 aromatic rings. The lowest BCUT2D eigenvalue weighted by Gasteiger charge is -2.12. The summed E-state index contributed by atoms with van der Waals surface area (Å²) in [6.45, 7) is 1.44. The summed E-state index contributed by atoms with van der Waals surface area (Å²) in [5, 5.41) is 4.22. The molecule has 0 aliphatic heterocycles. The highest BCUT2D eigenvalue weighted by Crippen LogP contribution is 2.20. The fraction of sp³-hybridized carbons (Fsp3) is 0.667. The number of anilines is 1. The Morgan fingerprint density at radius 2 is 2.41 bits per heavy atom. The zero-order chi connectivity index (χ0) is 11.9. The van der Waals surface area contributed by atoms with Crippen LogP contribution in [0.25, 0.3) is 0 Å². The van der Waals surface area contributed by atoms with Gasteiger partial charge in [0.25, 0.3) is 0 Å². The number of hydrogen-bond acceptors (Lipinski definition) is 5. The summed E-state index contributed by atoms with van der Waals surface area (Å²) in [6, 6.07) is 0. The van der Waals surface area contributed by atoms with Crippen LogP contribution in [0.5, 0.6) is 0 Å². The molecule has 5 heteroatoms. The number of nitrogens with one attached hydrogen (secondary N) is 1. The van der Waals surface area contributed by atoms with Crippen molar-refractivity contribution in [2.45, 2.75) is 38.7 Å². The Morgan fingerprint density at radius 1 is 1.47 bits per heavy atom. The van der Waals surface area contributed by atoms with Crippen LogP contribution in [0.4, 0.5) is 5.13 Å². The molecule has 4 nitrogen and oxygen atoms in total. The summed E-state index contributed by atoms with van der Waals surface area (Å²) < 4.78 is 9.19. The number of hydrogen-bond donors (Lipinski definition) is 1. The van der Waals surface area contributed by atoms with E-state index in [0.717, 1.165) is 23.9 Å². The van der Waals surface area contributed by atoms with Gasteiger partial charge >= 0.3 is 0 Å². The topological polar surface area (TPSA) is 47.0 Å². The molecular formula is C12H19N3OS. The van der Waals surface area contributed by atoms with Crippen LogP contribution in [0.3, 0.4) is 0 Å². The van der Waals surface area contributed by atoms with Gasteiger partial charge in [0.15, 0.2) is 5.82 Å². The van der Waals surface area contributed by atoms with Gasteiger partial charge in [0.05, 0.1) is 0 Å². The molecule has 0 spiro atoms. The number of aromatic nitrogens is 2. The summed E-state index contributed by atoms with van der Waals surface area (Å²) in [6.07, 6.45) is 8.75. The maximum Gasteiger partial charge on any atom is 0.202 e. The van der Waals surface area contributed by atoms with E-state index in [0.29, 0.717) is 6.61 Å². The van der Waals surface area contributed by atoms with Crippen molar-refractivity contribution in [2.24, 2.45) is 0 Å². The average Bonchev–Trinajstić information content (AvgIpc) is 2.79. The van der Waals surface area contributed by atoms with Crippen LogP contribution in [-0.4, -0.2) is 23.0 Å². The largest absolute Gasteiger partial charge is 0.377 e. The predicted molar refractivity (Wildman–Crippen MR) is 70.3 cm³/mol. The van der Waals surface area contributed by atoms with Gasteiger partial charge in [-0.2, -0.15) is 4.37 Å². The Hall–Kier alpha value is -0.940. The van der Waals surface area contributed by atoms with E-state index in [1.54, 1.807) is 12.7 Å². The van der Waals surface area contributed by atoms with Crippen molar-refractivity contribution >= 4 is 16.7 Å². The van der Waals surface area contributed by atoms with Crippen molar-refractivity contribution in [1.82, 2.24) is 9.36 Å². The Labute approximate surface area is 106 Å². The van der Waals surface area contributed by atoms with Crippen LogP contribution in [0, 0.1) is 0 Å². The maximum absolute atomic E-state index is 4.99. The van der Waals surface area contributed by atoms with E-state index in [2.05, 4.69) is 20.8 Å². The maximum atomic E-state index is 4.99. The van der Waals surface area contributed by atoms with Gasteiger partial charge in [-0.25, -0.2) is 4.98 Å². The van der Waals surface area contributed by atoms with Gasteiger partial charge in [0.2, 0.25) is 5.13 Å². The molecule has 1 N–H and O–H groups in total. The standard InChI is InChI=1S/C12H19N3OS/c1-16-9-11-14-12(17-15-11)13-8-7-10-5-3-2-4-6-10/h5H,2-4,6-9H2,1H3,(H,13,14,15). The molecule has 1 aliphatic rings. The minimum Gasteiger partial charge on any atom is -0.377 e. The normalized spacial score (nSPS) is 15.7. The molecule has 0 unspecified atom stereocenters. The zero-order valence-electron chi connectivity index (χ0n) is 10.2. The highest BCUT2D eigenvalue weighted by Gasteiger charge is 2.05. The Kier molecular flexibility index (Phi) is 4.94. The molecule has 2 rings (SSSR count). The fourth-order valence-corrected chi connectivity index (χ4v) is 2.57. The van der Waals surface area contributed by atoms with Gasteiger partial charge in [0, 0.05) is 25.2 Å². The van der Waals surface area contributed by atoms with Gasteiger partial charge in [0.1, 0.15) is 6.61 Å². The number of allylic oxidation sites excluding steroid dienone is 1. The van der Waals surface area contributed by atoms with E-state index in [1.807, 2.05) is 0 Å². The van der Waals surface area contributed by atoms with Crippen LogP contribution in [0.1, 0.15) is 37.9 Å². The molecule has 1 aliphatic carbocycles. The van der Waals surface area contributed by atoms with E-state index < -0.39 is 0 Å². The SMILES string of the molecule is COCc1nsc(NCCC2=CCCCC2)n1. The third kappa shape index (κ3) is 4.09. The molecule has 17 heavy (non-hydrogen) atoms. The lowest BCUT2D eigenvalue weighted by molar-refractivity contribution is 0.179. The second-order valence-corrected chi connectivity index (χ2v) is 4.99. The number of ether oxygens (including phenoxy) is 1. The molecule has 0 saturated carbocycles. The second-order valence-electron chi connectivity index (χ2n) is 4.23. The monoisotopic (exact) mass is 253 g/mol. The van der Waals surface area contributed by atoms with Crippen LogP contribution < -0.4 is 5.32 Å². The van der Waals surface area contributed by atoms with Crippen LogP contribution in [0.15, 0.2) is 11.6 Å². The molecule has 0 bridgehead atoms. The van der Waals surface area contributed by atoms with Gasteiger partial charge in [-0.1, -0.05) is 11.6 Å². The number of rotatable bonds is 6. The first-order chi connectivity index (χ1) is 8.38. The summed E-state index contributed by atoms with van der Waals surface area (Å²) in [5.41, 5.74) is 1.59. The van der Waals surface area contributed by atoms with Gasteiger partial charge < -0.3 is 10.1 Å². The van der Waals surface area contributed by atoms with Crippen molar-refractivity contribution in [2.75, 3.05) is 19.0 Å². The van der Waals surface area contributed by atoms with Crippen molar-refractivity contribution in [3.05, 3.63) is 17.5 Å². The molecule has 1 heterocycles. The summed E-state index contributed by atoms with van der Waals surface area (Å²) in [5.74, 6) is 0.761. The van der Waals surface area contributed by atoms with E-state index in [-0.39, 0.29) is 0 Å². The first-order valence-corrected chi connectivity index (χ1v) is 6.89. The van der Waals surface area contributed by atoms with E-state index in [1.165, 1.54) is 37.2 Å². The number of methoxy groups -OCH3 is 1. The summed E-state index contributed by atoms with van der Waals surface area (Å²) in [4.78, 5) is 4.33. The third-order valence-corrected chi connectivity index (χ3v) is 3.56. The fourth-order valence-electron chi connectivity index (χ4n) is 1.98. The second kappa shape index (κ2) is 6.71. The van der Waals surface area contributed by atoms with Crippen LogP contribution in [-0.2, 0) is 11.3 Å². The average molecular weight is 253 g/mol. The summed E-state index contributed by atoms with van der Waals surface area (Å²) >= 11 is 1.40. The number of nitrogens with zero attached hydrogens (tertiary/aromatic N) is 2. The van der Waals surface area contributed by atoms with Crippen LogP contribution >= 0.6 is 11.5 Å². The van der Waals surface area contributed by atoms with E-state index in [4.69, 9.17) is 4.74 Å². The molecule has 94 valence electrons. The zero-order valence-corrected chi connectivity index (χ0v) is 11.1. The lowest BCUT2D eigenvalue weighted by atomic mass is 9.97. The third-order valence-electron chi connectivity index (χ3n) is 2.85. The minimum absolute atomic E-state index is 0.489. The Bertz CT molecular complexity index is 376. The Balaban J connectivity index is 1.71. The Morgan fingerprint density at radius 3 is 3.18 bits per heavy atom.